The van der Waals surface area contributed by atoms with Crippen LogP contribution in [0.2, 0.25) is 0 Å². The van der Waals surface area contributed by atoms with Gasteiger partial charge in [0.15, 0.2) is 0 Å². The highest BCUT2D eigenvalue weighted by atomic mass is 16.5. The molecule has 1 N–H and O–H groups in total. The zero-order valence-electron chi connectivity index (χ0n) is 11.6. The van der Waals surface area contributed by atoms with Crippen molar-refractivity contribution in [3.05, 3.63) is 0 Å². The van der Waals surface area contributed by atoms with Crippen LogP contribution in [0, 0.1) is 5.92 Å². The molecule has 0 radical (unpaired) electrons. The lowest BCUT2D eigenvalue weighted by molar-refractivity contribution is 0.0133. The first-order chi connectivity index (χ1) is 7.71. The van der Waals surface area contributed by atoms with Crippen molar-refractivity contribution in [2.75, 3.05) is 26.9 Å². The molecule has 0 amide bonds. The van der Waals surface area contributed by atoms with E-state index in [9.17, 15) is 0 Å². The minimum atomic E-state index is 0.316. The first-order valence-electron chi connectivity index (χ1n) is 6.55. The summed E-state index contributed by atoms with van der Waals surface area (Å²) in [6.45, 7) is 11.3. The third-order valence-electron chi connectivity index (χ3n) is 3.01. The molecule has 0 spiro atoms. The predicted molar refractivity (Wildman–Crippen MR) is 68.8 cm³/mol. The standard InChI is InChI=1S/C13H29NO2/c1-6-12(16-8-3)13(14-7-2)11(4)9-10-15-5/h11-14H,6-10H2,1-5H3. The number of methoxy groups -OCH3 is 1. The third-order valence-corrected chi connectivity index (χ3v) is 3.01. The van der Waals surface area contributed by atoms with E-state index in [4.69, 9.17) is 9.47 Å². The maximum Gasteiger partial charge on any atom is 0.0727 e. The predicted octanol–water partition coefficient (Wildman–Crippen LogP) is 2.45. The molecule has 0 fully saturated rings. The minimum Gasteiger partial charge on any atom is -0.385 e. The highest BCUT2D eigenvalue weighted by Crippen LogP contribution is 2.16. The molecule has 0 aromatic rings. The Morgan fingerprint density at radius 1 is 1.19 bits per heavy atom. The summed E-state index contributed by atoms with van der Waals surface area (Å²) in [5, 5.41) is 3.55. The number of ether oxygens (including phenoxy) is 2. The van der Waals surface area contributed by atoms with Gasteiger partial charge in [0.2, 0.25) is 0 Å². The molecule has 0 aliphatic heterocycles. The first kappa shape index (κ1) is 15.9. The fourth-order valence-corrected chi connectivity index (χ4v) is 2.11. The minimum absolute atomic E-state index is 0.316. The van der Waals surface area contributed by atoms with Crippen molar-refractivity contribution in [1.29, 1.82) is 0 Å². The fourth-order valence-electron chi connectivity index (χ4n) is 2.11. The Balaban J connectivity index is 4.29. The molecule has 0 aromatic carbocycles. The first-order valence-corrected chi connectivity index (χ1v) is 6.55. The van der Waals surface area contributed by atoms with Crippen molar-refractivity contribution in [2.45, 2.75) is 52.7 Å². The lowest BCUT2D eigenvalue weighted by Crippen LogP contribution is -2.46. The van der Waals surface area contributed by atoms with Gasteiger partial charge in [0.05, 0.1) is 6.10 Å². The summed E-state index contributed by atoms with van der Waals surface area (Å²) in [5.41, 5.74) is 0. The quantitative estimate of drug-likeness (QED) is 0.626. The highest BCUT2D eigenvalue weighted by molar-refractivity contribution is 4.81. The summed E-state index contributed by atoms with van der Waals surface area (Å²) >= 11 is 0. The van der Waals surface area contributed by atoms with Crippen LogP contribution >= 0.6 is 0 Å². The van der Waals surface area contributed by atoms with E-state index in [1.54, 1.807) is 7.11 Å². The zero-order valence-corrected chi connectivity index (χ0v) is 11.6. The van der Waals surface area contributed by atoms with Gasteiger partial charge in [0.1, 0.15) is 0 Å². The zero-order chi connectivity index (χ0) is 12.4. The summed E-state index contributed by atoms with van der Waals surface area (Å²) in [5.74, 6) is 0.580. The van der Waals surface area contributed by atoms with Crippen molar-refractivity contribution in [2.24, 2.45) is 5.92 Å². The molecule has 0 bridgehead atoms. The number of rotatable bonds is 10. The van der Waals surface area contributed by atoms with Crippen molar-refractivity contribution >= 4 is 0 Å². The van der Waals surface area contributed by atoms with Gasteiger partial charge in [-0.15, -0.1) is 0 Å². The smallest absolute Gasteiger partial charge is 0.0727 e. The Hall–Kier alpha value is -0.120. The lowest BCUT2D eigenvalue weighted by atomic mass is 9.92. The molecule has 16 heavy (non-hydrogen) atoms. The second kappa shape index (κ2) is 10.1. The Morgan fingerprint density at radius 2 is 1.88 bits per heavy atom. The molecule has 98 valence electrons. The van der Waals surface area contributed by atoms with E-state index in [1.807, 2.05) is 0 Å². The molecule has 3 heteroatoms. The summed E-state index contributed by atoms with van der Waals surface area (Å²) in [4.78, 5) is 0. The Bertz CT molecular complexity index is 153. The van der Waals surface area contributed by atoms with Crippen LogP contribution in [0.3, 0.4) is 0 Å². The van der Waals surface area contributed by atoms with Crippen LogP contribution in [0.1, 0.15) is 40.5 Å². The summed E-state index contributed by atoms with van der Waals surface area (Å²) in [6.07, 6.45) is 2.46. The normalized spacial score (nSPS) is 17.1. The SMILES string of the molecule is CCNC(C(C)CCOC)C(CC)OCC. The topological polar surface area (TPSA) is 30.5 Å². The molecule has 0 saturated heterocycles. The van der Waals surface area contributed by atoms with Gasteiger partial charge in [0.25, 0.3) is 0 Å². The number of hydrogen-bond acceptors (Lipinski definition) is 3. The van der Waals surface area contributed by atoms with E-state index in [2.05, 4.69) is 33.0 Å². The van der Waals surface area contributed by atoms with Crippen molar-refractivity contribution in [3.63, 3.8) is 0 Å². The van der Waals surface area contributed by atoms with E-state index in [0.29, 0.717) is 18.1 Å². The van der Waals surface area contributed by atoms with Gasteiger partial charge < -0.3 is 14.8 Å². The van der Waals surface area contributed by atoms with Crippen molar-refractivity contribution in [3.8, 4) is 0 Å². The highest BCUT2D eigenvalue weighted by Gasteiger charge is 2.24. The Morgan fingerprint density at radius 3 is 2.31 bits per heavy atom. The van der Waals surface area contributed by atoms with Gasteiger partial charge in [-0.2, -0.15) is 0 Å². The second-order valence-electron chi connectivity index (χ2n) is 4.24. The number of likely N-dealkylation sites (N-methyl/N-ethyl adjacent to an activating group) is 1. The number of nitrogens with one attached hydrogen (secondary N) is 1. The van der Waals surface area contributed by atoms with Crippen LogP contribution in [-0.4, -0.2) is 39.0 Å². The molecule has 0 aliphatic rings. The molecule has 0 heterocycles. The van der Waals surface area contributed by atoms with Crippen molar-refractivity contribution < 1.29 is 9.47 Å². The maximum atomic E-state index is 5.80. The van der Waals surface area contributed by atoms with Crippen molar-refractivity contribution in [1.82, 2.24) is 5.32 Å². The van der Waals surface area contributed by atoms with Gasteiger partial charge in [0, 0.05) is 26.4 Å². The average molecular weight is 231 g/mol. The van der Waals surface area contributed by atoms with Gasteiger partial charge >= 0.3 is 0 Å². The fraction of sp³-hybridized carbons (Fsp3) is 1.00. The molecule has 0 aromatic heterocycles. The van der Waals surface area contributed by atoms with E-state index < -0.39 is 0 Å². The largest absolute Gasteiger partial charge is 0.385 e. The summed E-state index contributed by atoms with van der Waals surface area (Å²) in [7, 11) is 1.76. The average Bonchev–Trinajstić information content (AvgIpc) is 2.30. The van der Waals surface area contributed by atoms with Gasteiger partial charge in [-0.3, -0.25) is 0 Å². The van der Waals surface area contributed by atoms with Crippen LogP contribution in [-0.2, 0) is 9.47 Å². The van der Waals surface area contributed by atoms with E-state index in [1.165, 1.54) is 0 Å². The van der Waals surface area contributed by atoms with Crippen LogP contribution in [0.4, 0.5) is 0 Å². The summed E-state index contributed by atoms with van der Waals surface area (Å²) in [6, 6.07) is 0.435. The Labute approximate surface area is 101 Å². The molecular weight excluding hydrogens is 202 g/mol. The molecule has 0 aliphatic carbocycles. The van der Waals surface area contributed by atoms with Crippen LogP contribution in [0.15, 0.2) is 0 Å². The molecule has 3 atom stereocenters. The number of hydrogen-bond donors (Lipinski definition) is 1. The van der Waals surface area contributed by atoms with Gasteiger partial charge in [-0.25, -0.2) is 0 Å². The molecule has 0 rings (SSSR count). The molecule has 0 saturated carbocycles. The molecule has 3 nitrogen and oxygen atoms in total. The second-order valence-corrected chi connectivity index (χ2v) is 4.24. The van der Waals surface area contributed by atoms with Gasteiger partial charge in [-0.1, -0.05) is 20.8 Å². The summed E-state index contributed by atoms with van der Waals surface area (Å²) < 4.78 is 10.9. The Kier molecular flexibility index (Phi) is 9.99. The van der Waals surface area contributed by atoms with Crippen LogP contribution in [0.25, 0.3) is 0 Å². The van der Waals surface area contributed by atoms with Crippen LogP contribution < -0.4 is 5.32 Å². The van der Waals surface area contributed by atoms with E-state index in [0.717, 1.165) is 32.6 Å². The van der Waals surface area contributed by atoms with E-state index in [-0.39, 0.29) is 0 Å². The monoisotopic (exact) mass is 231 g/mol. The van der Waals surface area contributed by atoms with Crippen LogP contribution in [0.5, 0.6) is 0 Å². The molecular formula is C13H29NO2. The van der Waals surface area contributed by atoms with Gasteiger partial charge in [-0.05, 0) is 32.2 Å². The third kappa shape index (κ3) is 5.83. The maximum absolute atomic E-state index is 5.80. The molecule has 3 unspecified atom stereocenters. The lowest BCUT2D eigenvalue weighted by Gasteiger charge is -2.31. The van der Waals surface area contributed by atoms with E-state index >= 15 is 0 Å².